The predicted octanol–water partition coefficient (Wildman–Crippen LogP) is 5.10. The molecule has 2 heterocycles. The van der Waals surface area contributed by atoms with Crippen molar-refractivity contribution in [1.29, 1.82) is 0 Å². The van der Waals surface area contributed by atoms with Crippen molar-refractivity contribution in [3.63, 3.8) is 0 Å². The van der Waals surface area contributed by atoms with Gasteiger partial charge in [0, 0.05) is 25.1 Å². The summed E-state index contributed by atoms with van der Waals surface area (Å²) >= 11 is 0. The highest BCUT2D eigenvalue weighted by Crippen LogP contribution is 2.37. The maximum atomic E-state index is 12.8. The van der Waals surface area contributed by atoms with Crippen LogP contribution in [0.25, 0.3) is 0 Å². The van der Waals surface area contributed by atoms with Gasteiger partial charge in [-0.1, -0.05) is 48.5 Å². The van der Waals surface area contributed by atoms with Crippen molar-refractivity contribution in [2.24, 2.45) is 5.92 Å². The summed E-state index contributed by atoms with van der Waals surface area (Å²) < 4.78 is 22.6. The normalized spacial score (nSPS) is 19.4. The molecule has 2 aliphatic heterocycles. The molecule has 1 amide bonds. The van der Waals surface area contributed by atoms with Crippen LogP contribution in [0, 0.1) is 5.92 Å². The zero-order valence-corrected chi connectivity index (χ0v) is 17.7. The third kappa shape index (κ3) is 4.49. The summed E-state index contributed by atoms with van der Waals surface area (Å²) in [6.07, 6.45) is 0.527. The van der Waals surface area contributed by atoms with Gasteiger partial charge in [0.1, 0.15) is 11.5 Å². The molecular weight excluding hydrogens is 406 g/mol. The summed E-state index contributed by atoms with van der Waals surface area (Å²) in [7, 11) is 0. The molecule has 6 heteroatoms. The Kier molecular flexibility index (Phi) is 5.83. The number of likely N-dealkylation sites (tertiary alicyclic amines) is 1. The van der Waals surface area contributed by atoms with E-state index >= 15 is 0 Å². The number of rotatable bonds is 5. The van der Waals surface area contributed by atoms with Gasteiger partial charge >= 0.3 is 6.09 Å². The Balaban J connectivity index is 1.30. The summed E-state index contributed by atoms with van der Waals surface area (Å²) in [5, 5.41) is 0. The smallest absolute Gasteiger partial charge is 0.415 e. The first kappa shape index (κ1) is 20.2. The van der Waals surface area contributed by atoms with Crippen LogP contribution in [0.1, 0.15) is 17.9 Å². The van der Waals surface area contributed by atoms with Crippen molar-refractivity contribution in [3.05, 3.63) is 84.4 Å². The van der Waals surface area contributed by atoms with E-state index in [-0.39, 0.29) is 18.8 Å². The minimum atomic E-state index is -0.323. The van der Waals surface area contributed by atoms with Crippen LogP contribution in [0.4, 0.5) is 4.79 Å². The van der Waals surface area contributed by atoms with Gasteiger partial charge in [0.2, 0.25) is 6.79 Å². The fraction of sp³-hybridized carbons (Fsp3) is 0.269. The Bertz CT molecular complexity index is 1060. The molecule has 5 rings (SSSR count). The van der Waals surface area contributed by atoms with E-state index in [0.717, 1.165) is 17.9 Å². The van der Waals surface area contributed by atoms with Crippen LogP contribution in [-0.2, 0) is 0 Å². The summed E-state index contributed by atoms with van der Waals surface area (Å²) in [4.78, 5) is 14.6. The van der Waals surface area contributed by atoms with E-state index in [1.807, 2.05) is 42.5 Å². The lowest BCUT2D eigenvalue weighted by atomic mass is 9.81. The molecule has 0 bridgehead atoms. The highest BCUT2D eigenvalue weighted by Gasteiger charge is 2.34. The summed E-state index contributed by atoms with van der Waals surface area (Å²) in [6.45, 7) is 1.92. The van der Waals surface area contributed by atoms with Crippen LogP contribution in [0.5, 0.6) is 23.0 Å². The van der Waals surface area contributed by atoms with Crippen molar-refractivity contribution < 1.29 is 23.7 Å². The quantitative estimate of drug-likeness (QED) is 0.563. The van der Waals surface area contributed by atoms with Crippen LogP contribution < -0.4 is 18.9 Å². The van der Waals surface area contributed by atoms with E-state index < -0.39 is 0 Å². The summed E-state index contributed by atoms with van der Waals surface area (Å²) in [5.74, 6) is 3.12. The Morgan fingerprint density at radius 1 is 0.906 bits per heavy atom. The molecule has 0 aliphatic carbocycles. The molecule has 3 aromatic carbocycles. The van der Waals surface area contributed by atoms with Gasteiger partial charge in [-0.3, -0.25) is 0 Å². The minimum absolute atomic E-state index is 0.125. The molecular formula is C26H25NO5. The second-order valence-corrected chi connectivity index (χ2v) is 8.02. The largest absolute Gasteiger partial charge is 0.493 e. The molecule has 6 nitrogen and oxygen atoms in total. The van der Waals surface area contributed by atoms with E-state index in [1.54, 1.807) is 17.0 Å². The van der Waals surface area contributed by atoms with E-state index in [2.05, 4.69) is 24.3 Å². The van der Waals surface area contributed by atoms with E-state index in [1.165, 1.54) is 5.56 Å². The monoisotopic (exact) mass is 431 g/mol. The molecule has 32 heavy (non-hydrogen) atoms. The highest BCUT2D eigenvalue weighted by atomic mass is 16.7. The van der Waals surface area contributed by atoms with Gasteiger partial charge in [-0.05, 0) is 42.2 Å². The van der Waals surface area contributed by atoms with Gasteiger partial charge in [-0.25, -0.2) is 4.79 Å². The first-order valence-corrected chi connectivity index (χ1v) is 10.9. The third-order valence-corrected chi connectivity index (χ3v) is 5.98. The second-order valence-electron chi connectivity index (χ2n) is 8.02. The number of benzene rings is 3. The van der Waals surface area contributed by atoms with Crippen LogP contribution in [0.15, 0.2) is 78.9 Å². The SMILES string of the molecule is O=C(Oc1ccccc1)N1CC[C@@H](c2ccccc2)[C@H](COc2ccc3c(c2)OCO3)C1. The van der Waals surface area contributed by atoms with Crippen molar-refractivity contribution >= 4 is 6.09 Å². The van der Waals surface area contributed by atoms with E-state index in [4.69, 9.17) is 18.9 Å². The zero-order valence-electron chi connectivity index (χ0n) is 17.7. The first-order valence-electron chi connectivity index (χ1n) is 10.9. The molecule has 3 aromatic rings. The molecule has 0 spiro atoms. The van der Waals surface area contributed by atoms with Gasteiger partial charge < -0.3 is 23.8 Å². The third-order valence-electron chi connectivity index (χ3n) is 5.98. The lowest BCUT2D eigenvalue weighted by Gasteiger charge is -2.38. The number of para-hydroxylation sites is 1. The topological polar surface area (TPSA) is 57.2 Å². The first-order chi connectivity index (χ1) is 15.8. The molecule has 2 atom stereocenters. The number of carbonyl (C=O) groups is 1. The number of ether oxygens (including phenoxy) is 4. The van der Waals surface area contributed by atoms with Crippen LogP contribution in [0.2, 0.25) is 0 Å². The van der Waals surface area contributed by atoms with Gasteiger partial charge in [-0.2, -0.15) is 0 Å². The van der Waals surface area contributed by atoms with Crippen LogP contribution >= 0.6 is 0 Å². The van der Waals surface area contributed by atoms with Crippen molar-refractivity contribution in [2.45, 2.75) is 12.3 Å². The summed E-state index contributed by atoms with van der Waals surface area (Å²) in [5.41, 5.74) is 1.27. The van der Waals surface area contributed by atoms with E-state index in [0.29, 0.717) is 37.1 Å². The zero-order chi connectivity index (χ0) is 21.8. The molecule has 0 N–H and O–H groups in total. The average Bonchev–Trinajstić information content (AvgIpc) is 3.32. The van der Waals surface area contributed by atoms with Gasteiger partial charge in [0.25, 0.3) is 0 Å². The number of hydrogen-bond acceptors (Lipinski definition) is 5. The summed E-state index contributed by atoms with van der Waals surface area (Å²) in [6, 6.07) is 25.2. The van der Waals surface area contributed by atoms with Gasteiger partial charge in [0.15, 0.2) is 11.5 Å². The molecule has 0 saturated carbocycles. The standard InChI is InChI=1S/C26H25NO5/c28-26(32-21-9-5-2-6-10-21)27-14-13-23(19-7-3-1-4-8-19)20(16-27)17-29-22-11-12-24-25(15-22)31-18-30-24/h1-12,15,20,23H,13-14,16-18H2/t20-,23-/m0/s1. The Morgan fingerprint density at radius 2 is 1.66 bits per heavy atom. The fourth-order valence-electron chi connectivity index (χ4n) is 4.33. The number of carbonyl (C=O) groups excluding carboxylic acids is 1. The molecule has 2 aliphatic rings. The maximum absolute atomic E-state index is 12.8. The average molecular weight is 431 g/mol. The van der Waals surface area contributed by atoms with Gasteiger partial charge in [0.05, 0.1) is 6.61 Å². The van der Waals surface area contributed by atoms with Crippen molar-refractivity contribution in [2.75, 3.05) is 26.5 Å². The lowest BCUT2D eigenvalue weighted by Crippen LogP contribution is -2.46. The Morgan fingerprint density at radius 3 is 2.47 bits per heavy atom. The number of piperidine rings is 1. The maximum Gasteiger partial charge on any atom is 0.415 e. The molecule has 1 saturated heterocycles. The van der Waals surface area contributed by atoms with Crippen molar-refractivity contribution in [1.82, 2.24) is 4.90 Å². The number of fused-ring (bicyclic) bond motifs is 1. The number of nitrogens with zero attached hydrogens (tertiary/aromatic N) is 1. The van der Waals surface area contributed by atoms with Gasteiger partial charge in [-0.15, -0.1) is 0 Å². The molecule has 0 aromatic heterocycles. The van der Waals surface area contributed by atoms with Crippen LogP contribution in [-0.4, -0.2) is 37.5 Å². The van der Waals surface area contributed by atoms with E-state index in [9.17, 15) is 4.79 Å². The highest BCUT2D eigenvalue weighted by molar-refractivity contribution is 5.70. The molecule has 0 radical (unpaired) electrons. The van der Waals surface area contributed by atoms with Crippen molar-refractivity contribution in [3.8, 4) is 23.0 Å². The minimum Gasteiger partial charge on any atom is -0.493 e. The second kappa shape index (κ2) is 9.22. The van der Waals surface area contributed by atoms with Crippen LogP contribution in [0.3, 0.4) is 0 Å². The fourth-order valence-corrected chi connectivity index (χ4v) is 4.33. The lowest BCUT2D eigenvalue weighted by molar-refractivity contribution is 0.0982. The molecule has 1 fully saturated rings. The predicted molar refractivity (Wildman–Crippen MR) is 119 cm³/mol. The number of hydrogen-bond donors (Lipinski definition) is 0. The Hall–Kier alpha value is -3.67. The molecule has 0 unspecified atom stereocenters. The molecule has 164 valence electrons. The Labute approximate surface area is 187 Å². The number of amides is 1.